The van der Waals surface area contributed by atoms with E-state index in [4.69, 9.17) is 0 Å². The van der Waals surface area contributed by atoms with Crippen LogP contribution in [0.4, 0.5) is 25.0 Å². The number of rotatable bonds is 10. The molecule has 2 aromatic heterocycles. The molecule has 1 aliphatic heterocycles. The molecule has 3 heterocycles. The summed E-state index contributed by atoms with van der Waals surface area (Å²) in [6.07, 6.45) is 3.81. The molecule has 2 aromatic carbocycles. The van der Waals surface area contributed by atoms with Crippen molar-refractivity contribution in [3.63, 3.8) is 0 Å². The third kappa shape index (κ3) is 6.65. The fourth-order valence-electron chi connectivity index (χ4n) is 4.51. The number of carboxylic acids is 1. The summed E-state index contributed by atoms with van der Waals surface area (Å²) in [4.78, 5) is 56.8. The van der Waals surface area contributed by atoms with Crippen LogP contribution in [0.1, 0.15) is 22.3 Å². The van der Waals surface area contributed by atoms with Gasteiger partial charge in [0, 0.05) is 26.4 Å². The fraction of sp³-hybridized carbons (Fsp3) is 0.179. The Kier molecular flexibility index (Phi) is 8.72. The number of pyridine rings is 1. The van der Waals surface area contributed by atoms with Crippen LogP contribution in [0.2, 0.25) is 0 Å². The number of aromatic nitrogens is 4. The van der Waals surface area contributed by atoms with Crippen LogP contribution in [-0.2, 0) is 26.0 Å². The third-order valence-corrected chi connectivity index (χ3v) is 8.13. The molecule has 46 heavy (non-hydrogen) atoms. The maximum absolute atomic E-state index is 15.0. The Balaban J connectivity index is 1.27. The number of halogens is 2. The molecule has 4 aromatic rings. The van der Waals surface area contributed by atoms with Crippen molar-refractivity contribution in [1.29, 1.82) is 0 Å². The zero-order chi connectivity index (χ0) is 33.2. The Morgan fingerprint density at radius 1 is 1.00 bits per heavy atom. The van der Waals surface area contributed by atoms with Crippen molar-refractivity contribution in [2.24, 2.45) is 0 Å². The van der Waals surface area contributed by atoms with Crippen LogP contribution in [0.15, 0.2) is 72.1 Å². The van der Waals surface area contributed by atoms with Gasteiger partial charge in [-0.05, 0) is 42.0 Å². The SMILES string of the molecule is CN1CCC(=O)N(c2ccc(C[C@H](NC(=O)c3c(F)cc(NS(=O)(=O)c4ccc(-n5nccn5)cn4)cc3F)C(=O)O)cc2)C1=O. The molecule has 3 N–H and O–H groups in total. The summed E-state index contributed by atoms with van der Waals surface area (Å²) < 4.78 is 57.4. The van der Waals surface area contributed by atoms with E-state index in [1.54, 1.807) is 7.05 Å². The van der Waals surface area contributed by atoms with Gasteiger partial charge in [0.15, 0.2) is 5.03 Å². The second-order valence-electron chi connectivity index (χ2n) is 10.0. The summed E-state index contributed by atoms with van der Waals surface area (Å²) in [5.41, 5.74) is -0.704. The highest BCUT2D eigenvalue weighted by Crippen LogP contribution is 2.24. The first-order valence-electron chi connectivity index (χ1n) is 13.4. The van der Waals surface area contributed by atoms with Gasteiger partial charge in [0.25, 0.3) is 15.9 Å². The van der Waals surface area contributed by atoms with E-state index in [-0.39, 0.29) is 25.1 Å². The van der Waals surface area contributed by atoms with Gasteiger partial charge < -0.3 is 15.3 Å². The first-order valence-corrected chi connectivity index (χ1v) is 14.9. The van der Waals surface area contributed by atoms with Crippen LogP contribution in [0.5, 0.6) is 0 Å². The zero-order valence-electron chi connectivity index (χ0n) is 23.8. The second-order valence-corrected chi connectivity index (χ2v) is 11.6. The lowest BCUT2D eigenvalue weighted by atomic mass is 10.0. The Labute approximate surface area is 259 Å². The number of benzene rings is 2. The van der Waals surface area contributed by atoms with E-state index in [0.29, 0.717) is 23.4 Å². The van der Waals surface area contributed by atoms with E-state index in [0.717, 1.165) is 11.0 Å². The minimum atomic E-state index is -4.42. The standard InChI is InChI=1S/C28H24F2N8O7S/c1-36-11-8-24(39)37(28(36)43)18-4-2-16(3-5-18)12-22(27(41)42)34-26(40)25-20(29)13-17(14-21(25)30)35-46(44,45)23-7-6-19(15-31-23)38-32-9-10-33-38/h2-7,9-10,13-15,22,35H,8,11-12H2,1H3,(H,34,40)(H,41,42)/t22-/m0/s1. The van der Waals surface area contributed by atoms with Gasteiger partial charge in [0.05, 0.1) is 30.0 Å². The number of carbonyl (C=O) groups is 4. The lowest BCUT2D eigenvalue weighted by Crippen LogP contribution is -2.50. The molecule has 1 fully saturated rings. The third-order valence-electron chi connectivity index (χ3n) is 6.83. The minimum Gasteiger partial charge on any atom is -0.480 e. The molecule has 0 spiro atoms. The van der Waals surface area contributed by atoms with Gasteiger partial charge in [0.1, 0.15) is 28.9 Å². The molecule has 1 saturated heterocycles. The van der Waals surface area contributed by atoms with Gasteiger partial charge in [-0.1, -0.05) is 12.1 Å². The summed E-state index contributed by atoms with van der Waals surface area (Å²) in [5, 5.41) is 19.0. The van der Waals surface area contributed by atoms with Gasteiger partial charge in [0.2, 0.25) is 5.91 Å². The number of nitrogens with zero attached hydrogens (tertiary/aromatic N) is 6. The summed E-state index contributed by atoms with van der Waals surface area (Å²) in [7, 11) is -2.87. The Hall–Kier alpha value is -5.78. The van der Waals surface area contributed by atoms with E-state index in [2.05, 4.69) is 20.5 Å². The number of nitrogens with one attached hydrogen (secondary N) is 2. The van der Waals surface area contributed by atoms with Crippen molar-refractivity contribution >= 4 is 45.2 Å². The number of carboxylic acid groups (broad SMARTS) is 1. The summed E-state index contributed by atoms with van der Waals surface area (Å²) in [5.74, 6) is -6.22. The number of aliphatic carboxylic acids is 1. The first kappa shape index (κ1) is 31.6. The topological polar surface area (TPSA) is 197 Å². The van der Waals surface area contributed by atoms with Gasteiger partial charge in [-0.15, -0.1) is 0 Å². The lowest BCUT2D eigenvalue weighted by Gasteiger charge is -2.31. The molecule has 0 aliphatic carbocycles. The van der Waals surface area contributed by atoms with E-state index in [9.17, 15) is 41.5 Å². The number of urea groups is 1. The first-order chi connectivity index (χ1) is 21.8. The molecule has 0 saturated carbocycles. The maximum Gasteiger partial charge on any atom is 0.331 e. The second kappa shape index (κ2) is 12.7. The minimum absolute atomic E-state index is 0.133. The van der Waals surface area contributed by atoms with Gasteiger partial charge in [-0.25, -0.2) is 28.3 Å². The number of imide groups is 1. The summed E-state index contributed by atoms with van der Waals surface area (Å²) in [6.45, 7) is 0.282. The Morgan fingerprint density at radius 2 is 1.63 bits per heavy atom. The number of carbonyl (C=O) groups excluding carboxylic acids is 3. The number of anilines is 2. The average Bonchev–Trinajstić information content (AvgIpc) is 3.54. The van der Waals surface area contributed by atoms with E-state index in [1.165, 1.54) is 58.6 Å². The van der Waals surface area contributed by atoms with E-state index >= 15 is 0 Å². The molecule has 15 nitrogen and oxygen atoms in total. The molecule has 4 amide bonds. The van der Waals surface area contributed by atoms with Crippen molar-refractivity contribution in [2.75, 3.05) is 23.2 Å². The summed E-state index contributed by atoms with van der Waals surface area (Å²) in [6, 6.07) is 7.23. The molecule has 5 rings (SSSR count). The van der Waals surface area contributed by atoms with Gasteiger partial charge >= 0.3 is 12.0 Å². The normalized spacial score (nSPS) is 14.2. The van der Waals surface area contributed by atoms with Crippen molar-refractivity contribution < 1.29 is 41.5 Å². The molecule has 238 valence electrons. The van der Waals surface area contributed by atoms with Crippen LogP contribution >= 0.6 is 0 Å². The van der Waals surface area contributed by atoms with Crippen molar-refractivity contribution in [2.45, 2.75) is 23.9 Å². The van der Waals surface area contributed by atoms with E-state index in [1.807, 2.05) is 4.72 Å². The smallest absolute Gasteiger partial charge is 0.331 e. The molecular weight excluding hydrogens is 630 g/mol. The zero-order valence-corrected chi connectivity index (χ0v) is 24.6. The number of sulfonamides is 1. The average molecular weight is 655 g/mol. The number of hydrogen-bond donors (Lipinski definition) is 3. The highest BCUT2D eigenvalue weighted by atomic mass is 32.2. The molecule has 1 aliphatic rings. The summed E-state index contributed by atoms with van der Waals surface area (Å²) >= 11 is 0. The van der Waals surface area contributed by atoms with Crippen LogP contribution < -0.4 is 14.9 Å². The molecular formula is C28H24F2N8O7S. The molecule has 0 bridgehead atoms. The predicted molar refractivity (Wildman–Crippen MR) is 155 cm³/mol. The van der Waals surface area contributed by atoms with Crippen LogP contribution in [0, 0.1) is 11.6 Å². The number of hydrogen-bond acceptors (Lipinski definition) is 9. The number of amides is 4. The molecule has 1 atom stereocenters. The Morgan fingerprint density at radius 3 is 2.22 bits per heavy atom. The van der Waals surface area contributed by atoms with E-state index < -0.39 is 67.8 Å². The van der Waals surface area contributed by atoms with Crippen LogP contribution in [0.3, 0.4) is 0 Å². The molecule has 0 radical (unpaired) electrons. The van der Waals surface area contributed by atoms with Crippen molar-refractivity contribution in [1.82, 2.24) is 30.2 Å². The van der Waals surface area contributed by atoms with Crippen molar-refractivity contribution in [3.8, 4) is 5.69 Å². The van der Waals surface area contributed by atoms with Crippen LogP contribution in [-0.4, -0.2) is 81.9 Å². The molecule has 0 unspecified atom stereocenters. The highest BCUT2D eigenvalue weighted by Gasteiger charge is 2.31. The van der Waals surface area contributed by atoms with Gasteiger partial charge in [-0.2, -0.15) is 23.4 Å². The molecule has 18 heteroatoms. The largest absolute Gasteiger partial charge is 0.480 e. The Bertz CT molecular complexity index is 1900. The monoisotopic (exact) mass is 654 g/mol. The highest BCUT2D eigenvalue weighted by molar-refractivity contribution is 7.92. The quantitative estimate of drug-likeness (QED) is 0.227. The predicted octanol–water partition coefficient (Wildman–Crippen LogP) is 1.96. The lowest BCUT2D eigenvalue weighted by molar-refractivity contribution is -0.139. The maximum atomic E-state index is 15.0. The fourth-order valence-corrected chi connectivity index (χ4v) is 5.48. The van der Waals surface area contributed by atoms with Gasteiger partial charge in [-0.3, -0.25) is 14.3 Å². The van der Waals surface area contributed by atoms with Crippen molar-refractivity contribution in [3.05, 3.63) is 89.9 Å². The van der Waals surface area contributed by atoms with Crippen LogP contribution in [0.25, 0.3) is 5.69 Å².